The molecule has 1 aliphatic rings. The largest absolute Gasteiger partial charge is 0.361 e. The molecule has 0 bridgehead atoms. The van der Waals surface area contributed by atoms with Gasteiger partial charge in [-0.15, -0.1) is 0 Å². The molecule has 3 heteroatoms. The highest BCUT2D eigenvalue weighted by Crippen LogP contribution is 2.42. The predicted molar refractivity (Wildman–Crippen MR) is 105 cm³/mol. The maximum absolute atomic E-state index is 13.2. The van der Waals surface area contributed by atoms with Gasteiger partial charge in [0.1, 0.15) is 0 Å². The van der Waals surface area contributed by atoms with Crippen molar-refractivity contribution in [3.8, 4) is 0 Å². The summed E-state index contributed by atoms with van der Waals surface area (Å²) in [6, 6.07) is 25.0. The van der Waals surface area contributed by atoms with Crippen molar-refractivity contribution >= 4 is 22.5 Å². The van der Waals surface area contributed by atoms with Crippen LogP contribution in [0.5, 0.6) is 0 Å². The molecule has 0 fully saturated rings. The highest BCUT2D eigenvalue weighted by Gasteiger charge is 2.44. The zero-order valence-electron chi connectivity index (χ0n) is 14.6. The molecule has 0 spiro atoms. The summed E-state index contributed by atoms with van der Waals surface area (Å²) in [5.74, 6) is -1.23. The third-order valence-corrected chi connectivity index (χ3v) is 5.47. The van der Waals surface area contributed by atoms with Gasteiger partial charge in [0.15, 0.2) is 11.6 Å². The van der Waals surface area contributed by atoms with Gasteiger partial charge < -0.3 is 4.98 Å². The number of rotatable bonds is 3. The molecule has 1 unspecified atom stereocenters. The molecule has 5 rings (SSSR count). The number of aromatic nitrogens is 1. The molecule has 3 nitrogen and oxygen atoms in total. The molecule has 0 aliphatic heterocycles. The Labute approximate surface area is 156 Å². The number of aromatic amines is 1. The molecule has 4 aromatic rings. The Bertz CT molecular complexity index is 1140. The average molecular weight is 351 g/mol. The summed E-state index contributed by atoms with van der Waals surface area (Å²) in [6.45, 7) is 0. The third-order valence-electron chi connectivity index (χ3n) is 5.47. The Hall–Kier alpha value is -3.46. The summed E-state index contributed by atoms with van der Waals surface area (Å²) in [4.78, 5) is 29.7. The average Bonchev–Trinajstić information content (AvgIpc) is 3.25. The fourth-order valence-corrected chi connectivity index (χ4v) is 4.23. The number of carbonyl (C=O) groups excluding carboxylic acids is 2. The van der Waals surface area contributed by atoms with Crippen molar-refractivity contribution in [2.45, 2.75) is 5.92 Å². The van der Waals surface area contributed by atoms with Crippen LogP contribution in [0, 0.1) is 5.92 Å². The van der Waals surface area contributed by atoms with Crippen LogP contribution >= 0.6 is 0 Å². The fourth-order valence-electron chi connectivity index (χ4n) is 4.23. The van der Waals surface area contributed by atoms with E-state index < -0.39 is 5.92 Å². The number of hydrogen-bond donors (Lipinski definition) is 1. The molecular formula is C24H17NO2. The molecule has 1 N–H and O–H groups in total. The summed E-state index contributed by atoms with van der Waals surface area (Å²) >= 11 is 0. The van der Waals surface area contributed by atoms with Gasteiger partial charge in [-0.1, -0.05) is 72.8 Å². The Balaban J connectivity index is 1.73. The van der Waals surface area contributed by atoms with Crippen LogP contribution in [0.2, 0.25) is 0 Å². The van der Waals surface area contributed by atoms with E-state index in [4.69, 9.17) is 0 Å². The van der Waals surface area contributed by atoms with Crippen LogP contribution in [0.15, 0.2) is 85.1 Å². The van der Waals surface area contributed by atoms with E-state index in [2.05, 4.69) is 4.98 Å². The van der Waals surface area contributed by atoms with Crippen molar-refractivity contribution in [2.75, 3.05) is 0 Å². The lowest BCUT2D eigenvalue weighted by atomic mass is 9.78. The Morgan fingerprint density at radius 3 is 2.00 bits per heavy atom. The quantitative estimate of drug-likeness (QED) is 0.528. The minimum Gasteiger partial charge on any atom is -0.361 e. The monoisotopic (exact) mass is 351 g/mol. The maximum atomic E-state index is 13.2. The van der Waals surface area contributed by atoms with E-state index in [-0.39, 0.29) is 17.5 Å². The number of nitrogens with one attached hydrogen (secondary N) is 1. The van der Waals surface area contributed by atoms with Crippen LogP contribution in [0.25, 0.3) is 10.9 Å². The van der Waals surface area contributed by atoms with E-state index in [0.717, 1.165) is 22.0 Å². The first-order valence-corrected chi connectivity index (χ1v) is 9.04. The predicted octanol–water partition coefficient (Wildman–Crippen LogP) is 5.00. The molecule has 1 aliphatic carbocycles. The van der Waals surface area contributed by atoms with Crippen molar-refractivity contribution in [2.24, 2.45) is 5.92 Å². The van der Waals surface area contributed by atoms with Crippen molar-refractivity contribution < 1.29 is 9.59 Å². The zero-order chi connectivity index (χ0) is 18.4. The van der Waals surface area contributed by atoms with E-state index in [1.54, 1.807) is 12.1 Å². The van der Waals surface area contributed by atoms with Gasteiger partial charge in [0, 0.05) is 34.1 Å². The summed E-state index contributed by atoms with van der Waals surface area (Å²) in [5.41, 5.74) is 4.03. The first-order valence-electron chi connectivity index (χ1n) is 9.04. The van der Waals surface area contributed by atoms with E-state index in [9.17, 15) is 9.59 Å². The van der Waals surface area contributed by atoms with Crippen LogP contribution in [0.1, 0.15) is 37.8 Å². The summed E-state index contributed by atoms with van der Waals surface area (Å²) in [6.07, 6.45) is 1.94. The van der Waals surface area contributed by atoms with Gasteiger partial charge in [-0.3, -0.25) is 9.59 Å². The van der Waals surface area contributed by atoms with E-state index >= 15 is 0 Å². The Kier molecular flexibility index (Phi) is 3.54. The minimum atomic E-state index is -0.732. The summed E-state index contributed by atoms with van der Waals surface area (Å²) in [7, 11) is 0. The van der Waals surface area contributed by atoms with Gasteiger partial charge in [0.05, 0.1) is 5.92 Å². The molecule has 130 valence electrons. The zero-order valence-corrected chi connectivity index (χ0v) is 14.6. The molecule has 1 aromatic heterocycles. The Morgan fingerprint density at radius 2 is 1.30 bits per heavy atom. The second-order valence-electron chi connectivity index (χ2n) is 6.93. The number of ketones is 2. The second kappa shape index (κ2) is 6.06. The van der Waals surface area contributed by atoms with E-state index in [1.807, 2.05) is 72.9 Å². The first-order chi connectivity index (χ1) is 13.3. The van der Waals surface area contributed by atoms with Crippen LogP contribution in [-0.4, -0.2) is 16.6 Å². The van der Waals surface area contributed by atoms with E-state index in [0.29, 0.717) is 11.1 Å². The molecule has 0 radical (unpaired) electrons. The molecule has 1 heterocycles. The SMILES string of the molecule is O=C1c2ccccc2C(=O)C1C(c1ccccc1)c1c[nH]c2ccccc12. The minimum absolute atomic E-state index is 0.0882. The lowest BCUT2D eigenvalue weighted by molar-refractivity contribution is 0.0825. The van der Waals surface area contributed by atoms with Crippen LogP contribution in [0.3, 0.4) is 0 Å². The first kappa shape index (κ1) is 15.8. The third kappa shape index (κ3) is 2.36. The van der Waals surface area contributed by atoms with Crippen LogP contribution in [0.4, 0.5) is 0 Å². The topological polar surface area (TPSA) is 49.9 Å². The van der Waals surface area contributed by atoms with Gasteiger partial charge in [0.2, 0.25) is 0 Å². The van der Waals surface area contributed by atoms with E-state index in [1.165, 1.54) is 0 Å². The number of benzene rings is 3. The van der Waals surface area contributed by atoms with Gasteiger partial charge in [-0.25, -0.2) is 0 Å². The second-order valence-corrected chi connectivity index (χ2v) is 6.93. The van der Waals surface area contributed by atoms with Crippen molar-refractivity contribution in [1.29, 1.82) is 0 Å². The summed E-state index contributed by atoms with van der Waals surface area (Å²) < 4.78 is 0. The lowest BCUT2D eigenvalue weighted by Crippen LogP contribution is -2.24. The maximum Gasteiger partial charge on any atom is 0.175 e. The lowest BCUT2D eigenvalue weighted by Gasteiger charge is -2.22. The summed E-state index contributed by atoms with van der Waals surface area (Å²) in [5, 5.41) is 1.04. The Morgan fingerprint density at radius 1 is 0.704 bits per heavy atom. The van der Waals surface area contributed by atoms with Crippen molar-refractivity contribution in [3.63, 3.8) is 0 Å². The van der Waals surface area contributed by atoms with Crippen LogP contribution in [-0.2, 0) is 0 Å². The number of para-hydroxylation sites is 1. The van der Waals surface area contributed by atoms with Crippen molar-refractivity contribution in [1.82, 2.24) is 4.98 Å². The highest BCUT2D eigenvalue weighted by atomic mass is 16.2. The van der Waals surface area contributed by atoms with Gasteiger partial charge in [-0.2, -0.15) is 0 Å². The van der Waals surface area contributed by atoms with Crippen molar-refractivity contribution in [3.05, 3.63) is 107 Å². The number of carbonyl (C=O) groups is 2. The van der Waals surface area contributed by atoms with Gasteiger partial charge in [0.25, 0.3) is 0 Å². The fraction of sp³-hybridized carbons (Fsp3) is 0.0833. The molecule has 0 saturated heterocycles. The molecule has 0 amide bonds. The smallest absolute Gasteiger partial charge is 0.175 e. The van der Waals surface area contributed by atoms with Gasteiger partial charge in [-0.05, 0) is 17.2 Å². The standard InChI is InChI=1S/C24H17NO2/c26-23-17-11-4-5-12-18(17)24(27)22(23)21(15-8-2-1-3-9-15)19-14-25-20-13-7-6-10-16(19)20/h1-14,21-22,25H. The van der Waals surface area contributed by atoms with Gasteiger partial charge >= 0.3 is 0 Å². The normalized spacial score (nSPS) is 15.3. The molecule has 3 aromatic carbocycles. The number of hydrogen-bond acceptors (Lipinski definition) is 2. The number of Topliss-reactive ketones (excluding diaryl/α,β-unsaturated/α-hetero) is 2. The molecular weight excluding hydrogens is 334 g/mol. The molecule has 27 heavy (non-hydrogen) atoms. The number of H-pyrrole nitrogens is 1. The molecule has 0 saturated carbocycles. The molecule has 1 atom stereocenters. The van der Waals surface area contributed by atoms with Crippen LogP contribution < -0.4 is 0 Å². The number of fused-ring (bicyclic) bond motifs is 2. The highest BCUT2D eigenvalue weighted by molar-refractivity contribution is 6.27.